The van der Waals surface area contributed by atoms with Gasteiger partial charge in [-0.05, 0) is 75.0 Å². The Balaban J connectivity index is 1.66. The van der Waals surface area contributed by atoms with E-state index in [4.69, 9.17) is 9.47 Å². The van der Waals surface area contributed by atoms with Crippen LogP contribution in [-0.4, -0.2) is 41.2 Å². The van der Waals surface area contributed by atoms with E-state index in [-0.39, 0.29) is 28.9 Å². The molecular weight excluding hydrogens is 666 g/mol. The highest BCUT2D eigenvalue weighted by Gasteiger charge is 2.49. The molecule has 222 valence electrons. The van der Waals surface area contributed by atoms with Crippen LogP contribution in [0.4, 0.5) is 0 Å². The van der Waals surface area contributed by atoms with Crippen LogP contribution >= 0.6 is 31.9 Å². The van der Waals surface area contributed by atoms with Crippen molar-refractivity contribution in [1.82, 2.24) is 4.90 Å². The first-order chi connectivity index (χ1) is 19.7. The van der Waals surface area contributed by atoms with Gasteiger partial charge >= 0.3 is 5.97 Å². The van der Waals surface area contributed by atoms with E-state index in [0.717, 1.165) is 15.6 Å². The Bertz CT molecular complexity index is 1480. The normalized spacial score (nSPS) is 19.9. The van der Waals surface area contributed by atoms with Gasteiger partial charge in [0.25, 0.3) is 0 Å². The molecule has 0 aromatic heterocycles. The van der Waals surface area contributed by atoms with Gasteiger partial charge in [0.15, 0.2) is 23.1 Å². The molecule has 0 saturated heterocycles. The summed E-state index contributed by atoms with van der Waals surface area (Å²) in [5, 5.41) is 9.91. The van der Waals surface area contributed by atoms with Gasteiger partial charge in [-0.2, -0.15) is 0 Å². The van der Waals surface area contributed by atoms with Crippen LogP contribution in [0.3, 0.4) is 0 Å². The molecule has 2 aromatic carbocycles. The van der Waals surface area contributed by atoms with Crippen LogP contribution < -0.4 is 9.47 Å². The molecule has 0 radical (unpaired) electrons. The third-order valence-electron chi connectivity index (χ3n) is 8.20. The fourth-order valence-electron chi connectivity index (χ4n) is 6.49. The monoisotopic (exact) mass is 699 g/mol. The number of hydrogen-bond acceptors (Lipinski definition) is 6. The zero-order valence-electron chi connectivity index (χ0n) is 24.5. The van der Waals surface area contributed by atoms with E-state index in [0.29, 0.717) is 70.8 Å². The summed E-state index contributed by atoms with van der Waals surface area (Å²) in [5.74, 6) is -0.759. The molecule has 2 aromatic rings. The number of allylic oxidation sites excluding steroid dienone is 4. The Morgan fingerprint density at radius 3 is 1.98 bits per heavy atom. The summed E-state index contributed by atoms with van der Waals surface area (Å²) in [6, 6.07) is 11.6. The van der Waals surface area contributed by atoms with Gasteiger partial charge in [-0.1, -0.05) is 55.8 Å². The molecule has 2 aliphatic carbocycles. The van der Waals surface area contributed by atoms with E-state index < -0.39 is 11.9 Å². The molecule has 3 aliphatic rings. The number of rotatable bonds is 7. The van der Waals surface area contributed by atoms with Crippen molar-refractivity contribution in [3.63, 3.8) is 0 Å². The maximum atomic E-state index is 13.9. The maximum absolute atomic E-state index is 13.9. The highest BCUT2D eigenvalue weighted by atomic mass is 79.9. The SMILES string of the molecule is COc1cc(C2C3=C(CC(C)(C)CC3=O)N(CC(=O)O)C3=C2C(=O)CC(C)(C)C3)cc(Br)c1OCc1ccc(Br)cc1. The van der Waals surface area contributed by atoms with Crippen LogP contribution in [0, 0.1) is 10.8 Å². The van der Waals surface area contributed by atoms with Crippen LogP contribution in [0.1, 0.15) is 70.4 Å². The van der Waals surface area contributed by atoms with Gasteiger partial charge in [-0.15, -0.1) is 0 Å². The predicted molar refractivity (Wildman–Crippen MR) is 166 cm³/mol. The minimum absolute atomic E-state index is 0.0588. The molecule has 0 bridgehead atoms. The molecule has 42 heavy (non-hydrogen) atoms. The minimum Gasteiger partial charge on any atom is -0.493 e. The molecule has 5 rings (SSSR count). The molecule has 9 heteroatoms. The summed E-state index contributed by atoms with van der Waals surface area (Å²) in [6.07, 6.45) is 1.71. The Labute approximate surface area is 263 Å². The Morgan fingerprint density at radius 1 is 0.929 bits per heavy atom. The van der Waals surface area contributed by atoms with E-state index in [1.807, 2.05) is 64.1 Å². The van der Waals surface area contributed by atoms with E-state index >= 15 is 0 Å². The largest absolute Gasteiger partial charge is 0.493 e. The van der Waals surface area contributed by atoms with Crippen molar-refractivity contribution in [3.8, 4) is 11.5 Å². The lowest BCUT2D eigenvalue weighted by Gasteiger charge is -2.48. The lowest BCUT2D eigenvalue weighted by atomic mass is 9.63. The van der Waals surface area contributed by atoms with Crippen molar-refractivity contribution >= 4 is 49.4 Å². The van der Waals surface area contributed by atoms with Crippen molar-refractivity contribution in [3.05, 3.63) is 79.0 Å². The van der Waals surface area contributed by atoms with Crippen LogP contribution in [0.15, 0.2) is 67.9 Å². The topological polar surface area (TPSA) is 93.1 Å². The number of nitrogens with zero attached hydrogens (tertiary/aromatic N) is 1. The van der Waals surface area contributed by atoms with Gasteiger partial charge in [0, 0.05) is 45.8 Å². The number of carbonyl (C=O) groups excluding carboxylic acids is 2. The number of carboxylic acid groups (broad SMARTS) is 1. The lowest BCUT2D eigenvalue weighted by Crippen LogP contribution is -2.45. The van der Waals surface area contributed by atoms with Crippen LogP contribution in [-0.2, 0) is 21.0 Å². The second-order valence-corrected chi connectivity index (χ2v) is 14.7. The quantitative estimate of drug-likeness (QED) is 0.319. The predicted octanol–water partition coefficient (Wildman–Crippen LogP) is 7.57. The van der Waals surface area contributed by atoms with E-state index in [9.17, 15) is 19.5 Å². The number of carboxylic acids is 1. The molecular formula is C33H35Br2NO6. The van der Waals surface area contributed by atoms with Gasteiger partial charge in [-0.25, -0.2) is 0 Å². The van der Waals surface area contributed by atoms with Crippen molar-refractivity contribution in [2.24, 2.45) is 10.8 Å². The highest BCUT2D eigenvalue weighted by Crippen LogP contribution is 2.55. The number of hydrogen-bond donors (Lipinski definition) is 1. The average Bonchev–Trinajstić information content (AvgIpc) is 2.87. The molecule has 1 aliphatic heterocycles. The molecule has 1 heterocycles. The number of carbonyl (C=O) groups is 3. The summed E-state index contributed by atoms with van der Waals surface area (Å²) >= 11 is 7.13. The van der Waals surface area contributed by atoms with E-state index in [2.05, 4.69) is 31.9 Å². The molecule has 7 nitrogen and oxygen atoms in total. The minimum atomic E-state index is -1.00. The number of ketones is 2. The molecule has 1 N–H and O–H groups in total. The van der Waals surface area contributed by atoms with Gasteiger partial charge < -0.3 is 19.5 Å². The molecule has 0 saturated carbocycles. The van der Waals surface area contributed by atoms with E-state index in [1.54, 1.807) is 12.0 Å². The molecule has 0 fully saturated rings. The van der Waals surface area contributed by atoms with E-state index in [1.165, 1.54) is 0 Å². The van der Waals surface area contributed by atoms with Gasteiger partial charge in [0.05, 0.1) is 11.6 Å². The standard InChI is InChI=1S/C33H35Br2NO6/c1-32(2)12-22-29(24(37)14-32)28(30-23(36(22)16-27(39)40)13-33(3,4)15-25(30)38)19-10-21(35)31(26(11-19)41-5)42-17-18-6-8-20(34)9-7-18/h6-11,28H,12-17H2,1-5H3,(H,39,40). The molecule has 0 atom stereocenters. The van der Waals surface area contributed by atoms with Crippen molar-refractivity contribution in [1.29, 1.82) is 0 Å². The first-order valence-electron chi connectivity index (χ1n) is 14.0. The number of benzene rings is 2. The Morgan fingerprint density at radius 2 is 1.48 bits per heavy atom. The van der Waals surface area contributed by atoms with Gasteiger partial charge in [0.1, 0.15) is 13.2 Å². The van der Waals surface area contributed by atoms with Crippen molar-refractivity contribution in [2.75, 3.05) is 13.7 Å². The number of ether oxygens (including phenoxy) is 2. The van der Waals surface area contributed by atoms with Crippen molar-refractivity contribution < 1.29 is 29.0 Å². The summed E-state index contributed by atoms with van der Waals surface area (Å²) in [6.45, 7) is 8.13. The Kier molecular flexibility index (Phi) is 8.22. The summed E-state index contributed by atoms with van der Waals surface area (Å²) in [7, 11) is 1.56. The average molecular weight is 701 g/mol. The lowest BCUT2D eigenvalue weighted by molar-refractivity contribution is -0.138. The first-order valence-corrected chi connectivity index (χ1v) is 15.5. The molecule has 0 amide bonds. The first kappa shape index (κ1) is 30.5. The number of methoxy groups -OCH3 is 1. The number of aliphatic carboxylic acids is 1. The zero-order valence-corrected chi connectivity index (χ0v) is 27.6. The van der Waals surface area contributed by atoms with Crippen LogP contribution in [0.5, 0.6) is 11.5 Å². The second-order valence-electron chi connectivity index (χ2n) is 13.0. The van der Waals surface area contributed by atoms with Crippen LogP contribution in [0.25, 0.3) is 0 Å². The number of halogens is 2. The smallest absolute Gasteiger partial charge is 0.323 e. The maximum Gasteiger partial charge on any atom is 0.323 e. The molecule has 0 unspecified atom stereocenters. The third-order valence-corrected chi connectivity index (χ3v) is 9.31. The summed E-state index contributed by atoms with van der Waals surface area (Å²) in [5.41, 5.74) is 3.47. The second kappa shape index (κ2) is 11.3. The summed E-state index contributed by atoms with van der Waals surface area (Å²) < 4.78 is 13.6. The highest BCUT2D eigenvalue weighted by molar-refractivity contribution is 9.10. The summed E-state index contributed by atoms with van der Waals surface area (Å²) in [4.78, 5) is 41.7. The van der Waals surface area contributed by atoms with Crippen molar-refractivity contribution in [2.45, 2.75) is 65.9 Å². The van der Waals surface area contributed by atoms with Gasteiger partial charge in [-0.3, -0.25) is 14.4 Å². The van der Waals surface area contributed by atoms with Gasteiger partial charge in [0.2, 0.25) is 0 Å². The molecule has 0 spiro atoms. The fourth-order valence-corrected chi connectivity index (χ4v) is 7.33. The number of Topliss-reactive ketones (excluding diaryl/α,β-unsaturated/α-hetero) is 2. The third kappa shape index (κ3) is 5.95. The Hall–Kier alpha value is -2.91. The zero-order chi connectivity index (χ0) is 30.6. The van der Waals surface area contributed by atoms with Crippen LogP contribution in [0.2, 0.25) is 0 Å². The fraction of sp³-hybridized carbons (Fsp3) is 0.424.